The molecule has 1 rings (SSSR count). The summed E-state index contributed by atoms with van der Waals surface area (Å²) in [6.07, 6.45) is 0. The summed E-state index contributed by atoms with van der Waals surface area (Å²) in [7, 11) is 1.53. The van der Waals surface area contributed by atoms with Crippen molar-refractivity contribution in [1.82, 2.24) is 5.32 Å². The SMILES string of the molecule is COC(C)(C)CNC(=O)Nc1cccc(C(=O)O)c1O. The second-order valence-corrected chi connectivity index (χ2v) is 4.78. The van der Waals surface area contributed by atoms with Crippen molar-refractivity contribution in [2.24, 2.45) is 0 Å². The standard InChI is InChI=1S/C13H18N2O5/c1-13(2,20-3)7-14-12(19)15-9-6-4-5-8(10(9)16)11(17)18/h4-6,16H,7H2,1-3H3,(H,17,18)(H2,14,15,19). The number of methoxy groups -OCH3 is 1. The zero-order valence-electron chi connectivity index (χ0n) is 11.6. The molecule has 0 aliphatic heterocycles. The van der Waals surface area contributed by atoms with Gasteiger partial charge in [0.05, 0.1) is 11.3 Å². The molecule has 0 unspecified atom stereocenters. The third-order valence-electron chi connectivity index (χ3n) is 2.74. The summed E-state index contributed by atoms with van der Waals surface area (Å²) in [5, 5.41) is 23.5. The van der Waals surface area contributed by atoms with Crippen molar-refractivity contribution in [3.8, 4) is 5.75 Å². The number of benzene rings is 1. The molecule has 110 valence electrons. The molecule has 7 heteroatoms. The van der Waals surface area contributed by atoms with E-state index in [1.54, 1.807) is 13.8 Å². The molecule has 0 atom stereocenters. The highest BCUT2D eigenvalue weighted by Gasteiger charge is 2.18. The van der Waals surface area contributed by atoms with E-state index in [0.717, 1.165) is 0 Å². The van der Waals surface area contributed by atoms with Crippen LogP contribution in [0.1, 0.15) is 24.2 Å². The van der Waals surface area contributed by atoms with Gasteiger partial charge in [-0.25, -0.2) is 9.59 Å². The highest BCUT2D eigenvalue weighted by atomic mass is 16.5. The Balaban J connectivity index is 2.72. The molecule has 0 aromatic heterocycles. The van der Waals surface area contributed by atoms with E-state index in [9.17, 15) is 14.7 Å². The van der Waals surface area contributed by atoms with Crippen molar-refractivity contribution in [3.63, 3.8) is 0 Å². The maximum absolute atomic E-state index is 11.7. The van der Waals surface area contributed by atoms with Gasteiger partial charge in [0.25, 0.3) is 0 Å². The van der Waals surface area contributed by atoms with Gasteiger partial charge in [0.2, 0.25) is 0 Å². The Bertz CT molecular complexity index is 513. The van der Waals surface area contributed by atoms with Gasteiger partial charge in [-0.1, -0.05) is 6.07 Å². The molecular weight excluding hydrogens is 264 g/mol. The zero-order valence-corrected chi connectivity index (χ0v) is 11.6. The number of carbonyl (C=O) groups is 2. The van der Waals surface area contributed by atoms with E-state index in [0.29, 0.717) is 0 Å². The van der Waals surface area contributed by atoms with Crippen LogP contribution in [0.3, 0.4) is 0 Å². The molecule has 1 aromatic rings. The molecule has 0 radical (unpaired) electrons. The lowest BCUT2D eigenvalue weighted by Crippen LogP contribution is -2.41. The number of anilines is 1. The largest absolute Gasteiger partial charge is 0.505 e. The number of urea groups is 1. The Morgan fingerprint density at radius 1 is 1.35 bits per heavy atom. The number of carboxylic acids is 1. The van der Waals surface area contributed by atoms with E-state index >= 15 is 0 Å². The number of hydrogen-bond donors (Lipinski definition) is 4. The number of carboxylic acid groups (broad SMARTS) is 1. The number of aromatic hydroxyl groups is 1. The highest BCUT2D eigenvalue weighted by molar-refractivity contribution is 5.97. The first-order valence-electron chi connectivity index (χ1n) is 5.92. The summed E-state index contributed by atoms with van der Waals surface area (Å²) in [5.41, 5.74) is -0.778. The van der Waals surface area contributed by atoms with Crippen molar-refractivity contribution >= 4 is 17.7 Å². The van der Waals surface area contributed by atoms with Gasteiger partial charge in [-0.3, -0.25) is 0 Å². The number of carbonyl (C=O) groups excluding carboxylic acids is 1. The van der Waals surface area contributed by atoms with Gasteiger partial charge in [0.15, 0.2) is 5.75 Å². The lowest BCUT2D eigenvalue weighted by atomic mass is 10.1. The van der Waals surface area contributed by atoms with Crippen LogP contribution < -0.4 is 10.6 Å². The van der Waals surface area contributed by atoms with Crippen LogP contribution in [-0.4, -0.2) is 41.5 Å². The average molecular weight is 282 g/mol. The number of rotatable bonds is 5. The summed E-state index contributed by atoms with van der Waals surface area (Å²) in [4.78, 5) is 22.5. The summed E-state index contributed by atoms with van der Waals surface area (Å²) in [6.45, 7) is 3.86. The molecule has 0 spiro atoms. The van der Waals surface area contributed by atoms with Crippen LogP contribution in [0.15, 0.2) is 18.2 Å². The fourth-order valence-electron chi connectivity index (χ4n) is 1.35. The van der Waals surface area contributed by atoms with Crippen LogP contribution in [0.5, 0.6) is 5.75 Å². The molecule has 0 aliphatic rings. The molecule has 20 heavy (non-hydrogen) atoms. The van der Waals surface area contributed by atoms with Gasteiger partial charge in [-0.05, 0) is 26.0 Å². The Hall–Kier alpha value is -2.28. The first-order valence-corrected chi connectivity index (χ1v) is 5.92. The minimum atomic E-state index is -1.27. The van der Waals surface area contributed by atoms with Crippen LogP contribution in [0.2, 0.25) is 0 Å². The number of ether oxygens (including phenoxy) is 1. The van der Waals surface area contributed by atoms with Crippen LogP contribution in [0.4, 0.5) is 10.5 Å². The smallest absolute Gasteiger partial charge is 0.339 e. The van der Waals surface area contributed by atoms with Crippen LogP contribution >= 0.6 is 0 Å². The van der Waals surface area contributed by atoms with Gasteiger partial charge >= 0.3 is 12.0 Å². The number of nitrogens with one attached hydrogen (secondary N) is 2. The summed E-state index contributed by atoms with van der Waals surface area (Å²) in [6, 6.07) is 3.52. The second-order valence-electron chi connectivity index (χ2n) is 4.78. The molecule has 0 saturated heterocycles. The molecule has 0 heterocycles. The minimum Gasteiger partial charge on any atom is -0.505 e. The molecule has 0 saturated carbocycles. The molecule has 0 bridgehead atoms. The van der Waals surface area contributed by atoms with E-state index in [4.69, 9.17) is 9.84 Å². The fourth-order valence-corrected chi connectivity index (χ4v) is 1.35. The second kappa shape index (κ2) is 6.25. The number of hydrogen-bond acceptors (Lipinski definition) is 4. The zero-order chi connectivity index (χ0) is 15.3. The Labute approximate surface area is 116 Å². The van der Waals surface area contributed by atoms with Crippen molar-refractivity contribution < 1.29 is 24.5 Å². The van der Waals surface area contributed by atoms with Crippen molar-refractivity contribution in [2.45, 2.75) is 19.4 Å². The Kier molecular flexibility index (Phi) is 4.93. The molecule has 1 aromatic carbocycles. The van der Waals surface area contributed by atoms with Gasteiger partial charge in [0, 0.05) is 13.7 Å². The monoisotopic (exact) mass is 282 g/mol. The molecule has 0 fully saturated rings. The highest BCUT2D eigenvalue weighted by Crippen LogP contribution is 2.27. The molecule has 7 nitrogen and oxygen atoms in total. The van der Waals surface area contributed by atoms with Crippen molar-refractivity contribution in [1.29, 1.82) is 0 Å². The summed E-state index contributed by atoms with van der Waals surface area (Å²) < 4.78 is 5.14. The predicted molar refractivity (Wildman–Crippen MR) is 73.2 cm³/mol. The van der Waals surface area contributed by atoms with E-state index in [1.807, 2.05) is 0 Å². The van der Waals surface area contributed by atoms with Crippen LogP contribution in [0.25, 0.3) is 0 Å². The Morgan fingerprint density at radius 3 is 2.55 bits per heavy atom. The Morgan fingerprint density at radius 2 is 2.00 bits per heavy atom. The molecule has 4 N–H and O–H groups in total. The van der Waals surface area contributed by atoms with Crippen LogP contribution in [-0.2, 0) is 4.74 Å². The van der Waals surface area contributed by atoms with E-state index in [1.165, 1.54) is 25.3 Å². The van der Waals surface area contributed by atoms with Gasteiger partial charge in [-0.2, -0.15) is 0 Å². The first-order chi connectivity index (χ1) is 9.26. The van der Waals surface area contributed by atoms with E-state index in [2.05, 4.69) is 10.6 Å². The maximum atomic E-state index is 11.7. The fraction of sp³-hybridized carbons (Fsp3) is 0.385. The first kappa shape index (κ1) is 15.8. The number of aromatic carboxylic acids is 1. The van der Waals surface area contributed by atoms with E-state index < -0.39 is 23.4 Å². The van der Waals surface area contributed by atoms with Crippen LogP contribution in [0, 0.1) is 0 Å². The summed E-state index contributed by atoms with van der Waals surface area (Å²) >= 11 is 0. The minimum absolute atomic E-state index is 0.0256. The van der Waals surface area contributed by atoms with Crippen molar-refractivity contribution in [2.75, 3.05) is 19.0 Å². The topological polar surface area (TPSA) is 108 Å². The van der Waals surface area contributed by atoms with Crippen molar-refractivity contribution in [3.05, 3.63) is 23.8 Å². The lowest BCUT2D eigenvalue weighted by Gasteiger charge is -2.23. The third-order valence-corrected chi connectivity index (χ3v) is 2.74. The van der Waals surface area contributed by atoms with Gasteiger partial charge in [-0.15, -0.1) is 0 Å². The average Bonchev–Trinajstić information content (AvgIpc) is 2.39. The van der Waals surface area contributed by atoms with Gasteiger partial charge in [0.1, 0.15) is 5.56 Å². The quantitative estimate of drug-likeness (QED) is 0.614. The third kappa shape index (κ3) is 4.13. The molecule has 0 aliphatic carbocycles. The normalized spacial score (nSPS) is 10.9. The lowest BCUT2D eigenvalue weighted by molar-refractivity contribution is 0.0257. The maximum Gasteiger partial charge on any atom is 0.339 e. The number of amides is 2. The summed E-state index contributed by atoms with van der Waals surface area (Å²) in [5.74, 6) is -1.76. The van der Waals surface area contributed by atoms with E-state index in [-0.39, 0.29) is 17.8 Å². The number of phenols is 1. The molecular formula is C13H18N2O5. The predicted octanol–water partition coefficient (Wildman–Crippen LogP) is 1.64. The number of para-hydroxylation sites is 1. The van der Waals surface area contributed by atoms with Gasteiger partial charge < -0.3 is 25.6 Å². The molecule has 2 amide bonds.